The largest absolute Gasteiger partial charge is 0.485 e. The van der Waals surface area contributed by atoms with Gasteiger partial charge in [0.05, 0.1) is 52.9 Å². The van der Waals surface area contributed by atoms with Crippen LogP contribution in [0.5, 0.6) is 46.0 Å². The van der Waals surface area contributed by atoms with E-state index >= 15 is 0 Å². The summed E-state index contributed by atoms with van der Waals surface area (Å²) in [5.74, 6) is 2.32. The number of fused-ring (bicyclic) bond motifs is 5. The number of hydrogen-bond donors (Lipinski definition) is 0. The highest BCUT2D eigenvalue weighted by Gasteiger charge is 2.40. The maximum atomic E-state index is 13.9. The molecule has 5 aromatic heterocycles. The fraction of sp³-hybridized carbons (Fsp3) is 0.647. The fourth-order valence-electron chi connectivity index (χ4n) is 11.9. The highest BCUT2D eigenvalue weighted by atomic mass is 32.1. The fourth-order valence-corrected chi connectivity index (χ4v) is 18.5. The van der Waals surface area contributed by atoms with E-state index in [0.717, 1.165) is 112 Å². The molecule has 5 aliphatic rings. The predicted molar refractivity (Wildman–Crippen MR) is 356 cm³/mol. The van der Waals surface area contributed by atoms with E-state index in [1.807, 2.05) is 27.7 Å². The first kappa shape index (κ1) is 68.2. The van der Waals surface area contributed by atoms with Crippen LogP contribution in [0, 0.1) is 32.7 Å². The number of thiophene rings is 5. The molecule has 0 spiro atoms. The third kappa shape index (κ3) is 15.6. The summed E-state index contributed by atoms with van der Waals surface area (Å²) in [6.45, 7) is 19.4. The van der Waals surface area contributed by atoms with Gasteiger partial charge in [0.25, 0.3) is 13.2 Å². The van der Waals surface area contributed by atoms with Gasteiger partial charge >= 0.3 is 34.7 Å². The topological polar surface area (TPSA) is 202 Å². The lowest BCUT2D eigenvalue weighted by Gasteiger charge is -2.23. The van der Waals surface area contributed by atoms with Crippen LogP contribution in [-0.2, 0) is 51.0 Å². The van der Waals surface area contributed by atoms with Gasteiger partial charge in [0.1, 0.15) is 74.8 Å². The van der Waals surface area contributed by atoms with Crippen molar-refractivity contribution in [3.05, 3.63) is 38.5 Å². The van der Waals surface area contributed by atoms with Crippen LogP contribution < -0.4 is 48.8 Å². The van der Waals surface area contributed by atoms with Gasteiger partial charge in [-0.25, -0.2) is 8.85 Å². The van der Waals surface area contributed by atoms with Crippen molar-refractivity contribution in [2.45, 2.75) is 183 Å². The number of carbonyl (C=O) groups excluding carboxylic acids is 4. The van der Waals surface area contributed by atoms with E-state index in [0.29, 0.717) is 161 Å². The molecule has 0 aromatic carbocycles. The van der Waals surface area contributed by atoms with Crippen molar-refractivity contribution < 1.29 is 76.0 Å². The van der Waals surface area contributed by atoms with Crippen LogP contribution in [0.2, 0.25) is 0 Å². The highest BCUT2D eigenvalue weighted by molar-refractivity contribution is 7.27. The van der Waals surface area contributed by atoms with Crippen LogP contribution in [0.1, 0.15) is 168 Å². The Kier molecular flexibility index (Phi) is 24.7. The van der Waals surface area contributed by atoms with E-state index in [1.165, 1.54) is 56.7 Å². The first-order chi connectivity index (χ1) is 44.5. The Morgan fingerprint density at radius 3 is 1.01 bits per heavy atom. The Hall–Kier alpha value is -5.62. The van der Waals surface area contributed by atoms with E-state index in [2.05, 4.69) is 27.7 Å². The molecular formula is C68H90O18S5+2. The predicted octanol–water partition coefficient (Wildman–Crippen LogP) is 14.5. The van der Waals surface area contributed by atoms with Crippen molar-refractivity contribution in [3.63, 3.8) is 0 Å². The number of esters is 4. The summed E-state index contributed by atoms with van der Waals surface area (Å²) in [5.41, 5.74) is 1.13. The summed E-state index contributed by atoms with van der Waals surface area (Å²) < 4.78 is 91.7. The van der Waals surface area contributed by atoms with E-state index in [1.54, 1.807) is 0 Å². The summed E-state index contributed by atoms with van der Waals surface area (Å²) >= 11 is 7.45. The molecule has 0 fully saturated rings. The standard InChI is InChI=1S/C68H90O18S5/c1-9-17-21-39(13-5)65(69)83-37-43(85-67(71)41(15-7)23-19-11-3)35-45-47-49(75-27-25-73-47)57(87-45)59-51-53(79-31-29-77-51)61(89-59)63-55-56(82-34-33-81-55)64(91-63)62-54-52(78-30-32-80-54)60(90-62)58-50-48(74-26-28-76-50)46(88-58)36-44(86-68(72)42(16-8)24-20-12-4)38-84-66(70)40(14-6)22-18-10-2/h39-44H,9-38H2,1-8H3/q+2. The Bertz CT molecular complexity index is 3540. The molecule has 18 nitrogen and oxygen atoms in total. The van der Waals surface area contributed by atoms with Gasteiger partial charge in [-0.3, -0.25) is 19.2 Å². The minimum atomic E-state index is -0.780. The van der Waals surface area contributed by atoms with Gasteiger partial charge in [-0.1, -0.05) is 107 Å². The molecule has 0 bridgehead atoms. The zero-order chi connectivity index (χ0) is 64.0. The van der Waals surface area contributed by atoms with Crippen molar-refractivity contribution >= 4 is 80.6 Å². The van der Waals surface area contributed by atoms with Gasteiger partial charge in [0.15, 0.2) is 56.8 Å². The smallest absolute Gasteiger partial charge is 0.405 e. The highest BCUT2D eigenvalue weighted by Crippen LogP contribution is 2.61. The number of hydrogen-bond acceptors (Lipinski definition) is 21. The SMILES string of the molecule is CCCCC(CC)C(=O)OCC(Cc1sc(-c2sc(-c3s/c(=c4/sc(-c5sc(CC(COC(=O)C(CC)CCCC)OC(=O)C(CC)CCCC)c6c5OCCO6)c5c4=[O+]CCO5)c4c3OCC[O+]=4)c3c2OCCO3)c2c1OCCO2)OC(=O)C(CC)CCCC. The number of rotatable bonds is 33. The second-order valence-electron chi connectivity index (χ2n) is 23.5. The van der Waals surface area contributed by atoms with Crippen LogP contribution in [0.4, 0.5) is 0 Å². The first-order valence-corrected chi connectivity index (χ1v) is 37.4. The molecule has 0 saturated heterocycles. The average molecular weight is 1360 g/mol. The van der Waals surface area contributed by atoms with Gasteiger partial charge in [0, 0.05) is 12.8 Å². The lowest BCUT2D eigenvalue weighted by Crippen LogP contribution is -2.31. The molecule has 10 rings (SSSR count). The van der Waals surface area contributed by atoms with Crippen LogP contribution in [0.25, 0.3) is 29.3 Å². The molecule has 498 valence electrons. The maximum Gasteiger partial charge on any atom is 0.405 e. The van der Waals surface area contributed by atoms with Crippen molar-refractivity contribution in [3.8, 4) is 75.3 Å². The lowest BCUT2D eigenvalue weighted by atomic mass is 9.99. The lowest BCUT2D eigenvalue weighted by molar-refractivity contribution is -0.164. The minimum Gasteiger partial charge on any atom is -0.485 e. The molecule has 91 heavy (non-hydrogen) atoms. The van der Waals surface area contributed by atoms with Crippen molar-refractivity contribution in [1.82, 2.24) is 0 Å². The summed E-state index contributed by atoms with van der Waals surface area (Å²) in [6.07, 6.45) is 11.9. The zero-order valence-electron chi connectivity index (χ0n) is 54.1. The summed E-state index contributed by atoms with van der Waals surface area (Å²) in [4.78, 5) is 61.2. The maximum absolute atomic E-state index is 13.9. The Balaban J connectivity index is 1.03. The van der Waals surface area contributed by atoms with Gasteiger partial charge in [-0.05, 0) is 51.4 Å². The molecule has 0 amide bonds. The van der Waals surface area contributed by atoms with Gasteiger partial charge in [0.2, 0.25) is 11.5 Å². The molecule has 0 aliphatic carbocycles. The summed E-state index contributed by atoms with van der Waals surface area (Å²) in [7, 11) is 0. The quantitative estimate of drug-likeness (QED) is 0.0218. The second kappa shape index (κ2) is 33.0. The summed E-state index contributed by atoms with van der Waals surface area (Å²) in [5, 5.41) is 0. The van der Waals surface area contributed by atoms with Gasteiger partial charge in [-0.15, -0.1) is 56.7 Å². The van der Waals surface area contributed by atoms with Gasteiger partial charge < -0.3 is 56.8 Å². The number of unbranched alkanes of at least 4 members (excludes halogenated alkanes) is 4. The minimum absolute atomic E-state index is 0.0921. The van der Waals surface area contributed by atoms with Crippen molar-refractivity contribution in [2.75, 3.05) is 79.3 Å². The van der Waals surface area contributed by atoms with E-state index in [-0.39, 0.29) is 73.6 Å². The first-order valence-electron chi connectivity index (χ1n) is 33.3. The van der Waals surface area contributed by atoms with Crippen LogP contribution >= 0.6 is 56.7 Å². The molecule has 6 unspecified atom stereocenters. The molecule has 0 saturated carbocycles. The molecule has 0 N–H and O–H groups in total. The van der Waals surface area contributed by atoms with Crippen LogP contribution in [-0.4, -0.2) is 115 Å². The van der Waals surface area contributed by atoms with E-state index in [4.69, 9.17) is 65.7 Å². The second-order valence-corrected chi connectivity index (χ2v) is 28.8. The van der Waals surface area contributed by atoms with Crippen molar-refractivity contribution in [1.29, 1.82) is 0 Å². The van der Waals surface area contributed by atoms with Gasteiger partial charge in [-0.2, -0.15) is 0 Å². The molecule has 23 heteroatoms. The normalized spacial score (nSPS) is 16.9. The molecule has 0 radical (unpaired) electrons. The number of ether oxygens (including phenoxy) is 12. The molecule has 5 aliphatic heterocycles. The van der Waals surface area contributed by atoms with E-state index < -0.39 is 12.2 Å². The van der Waals surface area contributed by atoms with Crippen LogP contribution in [0.15, 0.2) is 8.85 Å². The van der Waals surface area contributed by atoms with Crippen molar-refractivity contribution in [2.24, 2.45) is 23.7 Å². The summed E-state index contributed by atoms with van der Waals surface area (Å²) in [6, 6.07) is 0. The zero-order valence-corrected chi connectivity index (χ0v) is 58.1. The molecular weight excluding hydrogens is 1270 g/mol. The average Bonchev–Trinajstić information content (AvgIpc) is 1.59. The third-order valence-electron chi connectivity index (χ3n) is 17.1. The molecule has 10 heterocycles. The molecule has 5 aromatic rings. The Labute approximate surface area is 553 Å². The Morgan fingerprint density at radius 2 is 0.670 bits per heavy atom. The van der Waals surface area contributed by atoms with Crippen LogP contribution in [0.3, 0.4) is 0 Å². The Morgan fingerprint density at radius 1 is 0.374 bits per heavy atom. The monoisotopic (exact) mass is 1350 g/mol. The van der Waals surface area contributed by atoms with E-state index in [9.17, 15) is 19.2 Å². The molecule has 6 atom stereocenters. The third-order valence-corrected chi connectivity index (χ3v) is 23.6. The number of carbonyl (C=O) groups is 4.